The van der Waals surface area contributed by atoms with E-state index >= 15 is 0 Å². The first-order valence-corrected chi connectivity index (χ1v) is 6.71. The smallest absolute Gasteiger partial charge is 0.0594 e. The van der Waals surface area contributed by atoms with Crippen LogP contribution in [0.15, 0.2) is 64.2 Å². The first kappa shape index (κ1) is 10.7. The topological polar surface area (TPSA) is 3.24 Å². The van der Waals surface area contributed by atoms with Gasteiger partial charge in [-0.05, 0) is 31.9 Å². The van der Waals surface area contributed by atoms with Crippen LogP contribution in [-0.2, 0) is 0 Å². The van der Waals surface area contributed by atoms with E-state index < -0.39 is 0 Å². The van der Waals surface area contributed by atoms with E-state index in [1.165, 1.54) is 21.2 Å². The Balaban J connectivity index is 2.17. The normalized spacial score (nSPS) is 17.8. The number of hydrogen-bond donors (Lipinski definition) is 0. The van der Waals surface area contributed by atoms with Crippen LogP contribution >= 0.6 is 11.8 Å². The molecule has 2 heteroatoms. The van der Waals surface area contributed by atoms with Crippen molar-refractivity contribution in [3.63, 3.8) is 0 Å². The van der Waals surface area contributed by atoms with Gasteiger partial charge in [0.2, 0.25) is 0 Å². The SMILES string of the molecule is C=C(C)N1C2=C(C=CCC2)Sc2ccccc21. The van der Waals surface area contributed by atoms with Gasteiger partial charge in [0.05, 0.1) is 5.69 Å². The fraction of sp³-hybridized carbons (Fsp3) is 0.200. The number of anilines is 1. The van der Waals surface area contributed by atoms with E-state index in [1.54, 1.807) is 0 Å². The molecule has 0 bridgehead atoms. The summed E-state index contributed by atoms with van der Waals surface area (Å²) in [7, 11) is 0. The summed E-state index contributed by atoms with van der Waals surface area (Å²) < 4.78 is 0. The molecule has 1 aliphatic heterocycles. The Morgan fingerprint density at radius 1 is 1.35 bits per heavy atom. The van der Waals surface area contributed by atoms with Gasteiger partial charge in [-0.1, -0.05) is 42.6 Å². The van der Waals surface area contributed by atoms with Crippen LogP contribution in [0.1, 0.15) is 19.8 Å². The highest BCUT2D eigenvalue weighted by molar-refractivity contribution is 8.03. The summed E-state index contributed by atoms with van der Waals surface area (Å²) in [6.45, 7) is 6.21. The molecule has 0 amide bonds. The number of benzene rings is 1. The molecule has 0 radical (unpaired) electrons. The summed E-state index contributed by atoms with van der Waals surface area (Å²) in [4.78, 5) is 5.00. The summed E-state index contributed by atoms with van der Waals surface area (Å²) in [6.07, 6.45) is 6.75. The van der Waals surface area contributed by atoms with Crippen LogP contribution in [0.25, 0.3) is 0 Å². The molecular weight excluding hydrogens is 226 g/mol. The molecule has 1 nitrogen and oxygen atoms in total. The monoisotopic (exact) mass is 241 g/mol. The molecule has 1 heterocycles. The molecule has 1 aliphatic carbocycles. The summed E-state index contributed by atoms with van der Waals surface area (Å²) in [5.74, 6) is 0. The van der Waals surface area contributed by atoms with E-state index in [0.29, 0.717) is 0 Å². The Bertz CT molecular complexity index is 540. The van der Waals surface area contributed by atoms with Gasteiger partial charge in [-0.15, -0.1) is 0 Å². The highest BCUT2D eigenvalue weighted by Crippen LogP contribution is 2.47. The third-order valence-corrected chi connectivity index (χ3v) is 4.24. The molecule has 0 atom stereocenters. The van der Waals surface area contributed by atoms with Gasteiger partial charge in [0.1, 0.15) is 0 Å². The van der Waals surface area contributed by atoms with Gasteiger partial charge in [-0.2, -0.15) is 0 Å². The first-order valence-electron chi connectivity index (χ1n) is 5.89. The second kappa shape index (κ2) is 4.11. The van der Waals surface area contributed by atoms with Gasteiger partial charge in [0.25, 0.3) is 0 Å². The van der Waals surface area contributed by atoms with Gasteiger partial charge >= 0.3 is 0 Å². The molecule has 0 aromatic heterocycles. The molecule has 3 rings (SSSR count). The van der Waals surface area contributed by atoms with Gasteiger partial charge in [0, 0.05) is 21.2 Å². The molecule has 1 aromatic rings. The first-order chi connectivity index (χ1) is 8.27. The minimum absolute atomic E-state index is 1.10. The molecular formula is C15H15NS. The van der Waals surface area contributed by atoms with Crippen LogP contribution in [0.3, 0.4) is 0 Å². The Labute approximate surface area is 107 Å². The highest BCUT2D eigenvalue weighted by Gasteiger charge is 2.25. The summed E-state index contributed by atoms with van der Waals surface area (Å²) in [5.41, 5.74) is 3.78. The zero-order valence-electron chi connectivity index (χ0n) is 9.94. The predicted molar refractivity (Wildman–Crippen MR) is 75.0 cm³/mol. The summed E-state index contributed by atoms with van der Waals surface area (Å²) in [6, 6.07) is 8.56. The zero-order chi connectivity index (χ0) is 11.8. The van der Waals surface area contributed by atoms with Crippen LogP contribution < -0.4 is 4.90 Å². The Morgan fingerprint density at radius 3 is 3.00 bits per heavy atom. The third-order valence-electron chi connectivity index (χ3n) is 3.08. The highest BCUT2D eigenvalue weighted by atomic mass is 32.2. The zero-order valence-corrected chi connectivity index (χ0v) is 10.8. The fourth-order valence-electron chi connectivity index (χ4n) is 2.37. The number of allylic oxidation sites excluding steroid dienone is 4. The van der Waals surface area contributed by atoms with Crippen LogP contribution in [0.4, 0.5) is 5.69 Å². The molecule has 17 heavy (non-hydrogen) atoms. The van der Waals surface area contributed by atoms with E-state index in [1.807, 2.05) is 11.8 Å². The number of fused-ring (bicyclic) bond motifs is 1. The maximum absolute atomic E-state index is 4.13. The van der Waals surface area contributed by atoms with Crippen molar-refractivity contribution in [2.24, 2.45) is 0 Å². The molecule has 86 valence electrons. The molecule has 0 saturated carbocycles. The molecule has 1 aromatic carbocycles. The average Bonchev–Trinajstić information content (AvgIpc) is 2.35. The van der Waals surface area contributed by atoms with Gasteiger partial charge in [-0.25, -0.2) is 0 Å². The molecule has 0 saturated heterocycles. The van der Waals surface area contributed by atoms with Crippen LogP contribution in [0, 0.1) is 0 Å². The lowest BCUT2D eigenvalue weighted by molar-refractivity contribution is 0.879. The number of hydrogen-bond acceptors (Lipinski definition) is 2. The predicted octanol–water partition coefficient (Wildman–Crippen LogP) is 4.69. The van der Waals surface area contributed by atoms with Crippen molar-refractivity contribution < 1.29 is 0 Å². The standard InChI is InChI=1S/C15H15NS/c1-11(2)16-12-7-3-5-9-14(12)17-15-10-6-4-8-13(15)16/h3,5-7,9-10H,1,4,8H2,2H3. The largest absolute Gasteiger partial charge is 0.317 e. The minimum atomic E-state index is 1.10. The van der Waals surface area contributed by atoms with Crippen molar-refractivity contribution in [1.29, 1.82) is 0 Å². The Hall–Kier alpha value is -1.41. The summed E-state index contributed by atoms with van der Waals surface area (Å²) >= 11 is 1.87. The number of rotatable bonds is 1. The Kier molecular flexibility index (Phi) is 2.60. The van der Waals surface area contributed by atoms with E-state index in [-0.39, 0.29) is 0 Å². The van der Waals surface area contributed by atoms with Gasteiger partial charge < -0.3 is 4.90 Å². The maximum atomic E-state index is 4.13. The number of nitrogens with zero attached hydrogens (tertiary/aromatic N) is 1. The van der Waals surface area contributed by atoms with E-state index in [9.17, 15) is 0 Å². The lowest BCUT2D eigenvalue weighted by Crippen LogP contribution is -2.24. The van der Waals surface area contributed by atoms with Crippen molar-refractivity contribution in [2.45, 2.75) is 24.7 Å². The number of thioether (sulfide) groups is 1. The van der Waals surface area contributed by atoms with E-state index in [0.717, 1.165) is 18.5 Å². The van der Waals surface area contributed by atoms with E-state index in [4.69, 9.17) is 0 Å². The Morgan fingerprint density at radius 2 is 2.18 bits per heavy atom. The minimum Gasteiger partial charge on any atom is -0.317 e. The lowest BCUT2D eigenvalue weighted by atomic mass is 10.1. The molecule has 0 spiro atoms. The average molecular weight is 241 g/mol. The second-order valence-electron chi connectivity index (χ2n) is 4.39. The van der Waals surface area contributed by atoms with Gasteiger partial charge in [0.15, 0.2) is 0 Å². The second-order valence-corrected chi connectivity index (χ2v) is 5.48. The van der Waals surface area contributed by atoms with Crippen molar-refractivity contribution in [3.05, 3.63) is 59.3 Å². The fourth-order valence-corrected chi connectivity index (χ4v) is 3.50. The number of para-hydroxylation sites is 1. The van der Waals surface area contributed by atoms with Gasteiger partial charge in [-0.3, -0.25) is 0 Å². The molecule has 0 fully saturated rings. The van der Waals surface area contributed by atoms with Crippen LogP contribution in [0.2, 0.25) is 0 Å². The maximum Gasteiger partial charge on any atom is 0.0594 e. The van der Waals surface area contributed by atoms with E-state index in [2.05, 4.69) is 54.8 Å². The molecule has 0 N–H and O–H groups in total. The lowest BCUT2D eigenvalue weighted by Gasteiger charge is -2.35. The van der Waals surface area contributed by atoms with Crippen molar-refractivity contribution in [1.82, 2.24) is 0 Å². The quantitative estimate of drug-likeness (QED) is 0.701. The van der Waals surface area contributed by atoms with Crippen molar-refractivity contribution in [3.8, 4) is 0 Å². The molecule has 0 unspecified atom stereocenters. The van der Waals surface area contributed by atoms with Crippen molar-refractivity contribution >= 4 is 17.4 Å². The molecule has 2 aliphatic rings. The van der Waals surface area contributed by atoms with Crippen LogP contribution in [-0.4, -0.2) is 0 Å². The summed E-state index contributed by atoms with van der Waals surface area (Å²) in [5, 5.41) is 0. The van der Waals surface area contributed by atoms with Crippen LogP contribution in [0.5, 0.6) is 0 Å². The third kappa shape index (κ3) is 1.73. The van der Waals surface area contributed by atoms with Crippen molar-refractivity contribution in [2.75, 3.05) is 4.90 Å².